The van der Waals surface area contributed by atoms with Crippen LogP contribution in [0.3, 0.4) is 0 Å². The Labute approximate surface area is 152 Å². The van der Waals surface area contributed by atoms with E-state index >= 15 is 0 Å². The molecule has 2 aliphatic rings. The summed E-state index contributed by atoms with van der Waals surface area (Å²) in [5.41, 5.74) is 3.17. The molecule has 1 atom stereocenters. The van der Waals surface area contributed by atoms with Crippen LogP contribution in [0.5, 0.6) is 5.75 Å². The maximum Gasteiger partial charge on any atom is 0.229 e. The summed E-state index contributed by atoms with van der Waals surface area (Å²) in [5.74, 6) is 1.77. The molecule has 2 aromatic rings. The van der Waals surface area contributed by atoms with Gasteiger partial charge in [-0.1, -0.05) is 0 Å². The minimum atomic E-state index is 0.0415. The number of rotatable bonds is 4. The molecule has 0 aliphatic carbocycles. The average Bonchev–Trinajstić information content (AvgIpc) is 2.87. The van der Waals surface area contributed by atoms with Gasteiger partial charge in [-0.05, 0) is 37.2 Å². The van der Waals surface area contributed by atoms with Crippen molar-refractivity contribution in [2.24, 2.45) is 0 Å². The third-order valence-corrected chi connectivity index (χ3v) is 4.97. The molecule has 2 aliphatic heterocycles. The first-order chi connectivity index (χ1) is 12.7. The molecular weight excluding hydrogens is 330 g/mol. The standard InChI is InChI=1S/C19H23N5O2/c1-26-15-4-2-14(3-5-15)24-11-13(10-18(24)25)23-19-16-6-8-20-9-7-17(16)21-12-22-19/h2-5,12-13,20H,6-11H2,1H3,(H,21,22,23). The summed E-state index contributed by atoms with van der Waals surface area (Å²) in [4.78, 5) is 23.2. The van der Waals surface area contributed by atoms with Crippen LogP contribution in [0.2, 0.25) is 0 Å². The maximum atomic E-state index is 12.5. The van der Waals surface area contributed by atoms with E-state index in [1.807, 2.05) is 29.2 Å². The molecule has 3 heterocycles. The molecule has 26 heavy (non-hydrogen) atoms. The van der Waals surface area contributed by atoms with Gasteiger partial charge in [-0.2, -0.15) is 0 Å². The van der Waals surface area contributed by atoms with E-state index in [0.717, 1.165) is 48.9 Å². The molecule has 7 nitrogen and oxygen atoms in total. The Morgan fingerprint density at radius 3 is 2.81 bits per heavy atom. The number of hydrogen-bond donors (Lipinski definition) is 2. The van der Waals surface area contributed by atoms with Crippen LogP contribution in [0.4, 0.5) is 11.5 Å². The molecule has 0 spiro atoms. The number of fused-ring (bicyclic) bond motifs is 1. The number of aromatic nitrogens is 2. The molecule has 4 rings (SSSR count). The molecular formula is C19H23N5O2. The zero-order valence-electron chi connectivity index (χ0n) is 14.9. The van der Waals surface area contributed by atoms with Gasteiger partial charge in [-0.3, -0.25) is 4.79 Å². The second kappa shape index (κ2) is 7.29. The van der Waals surface area contributed by atoms with Gasteiger partial charge in [-0.15, -0.1) is 0 Å². The van der Waals surface area contributed by atoms with E-state index in [1.54, 1.807) is 13.4 Å². The molecule has 1 saturated heterocycles. The average molecular weight is 353 g/mol. The van der Waals surface area contributed by atoms with Gasteiger partial charge in [-0.25, -0.2) is 9.97 Å². The summed E-state index contributed by atoms with van der Waals surface area (Å²) in [6, 6.07) is 7.63. The largest absolute Gasteiger partial charge is 0.497 e. The van der Waals surface area contributed by atoms with E-state index in [-0.39, 0.29) is 11.9 Å². The Morgan fingerprint density at radius 2 is 2.00 bits per heavy atom. The van der Waals surface area contributed by atoms with Gasteiger partial charge >= 0.3 is 0 Å². The number of amides is 1. The van der Waals surface area contributed by atoms with E-state index in [9.17, 15) is 4.79 Å². The number of carbonyl (C=O) groups excluding carboxylic acids is 1. The molecule has 0 radical (unpaired) electrons. The third kappa shape index (κ3) is 3.35. The van der Waals surface area contributed by atoms with E-state index < -0.39 is 0 Å². The number of ether oxygens (including phenoxy) is 1. The van der Waals surface area contributed by atoms with Crippen LogP contribution in [-0.4, -0.2) is 48.7 Å². The normalized spacial score (nSPS) is 19.8. The van der Waals surface area contributed by atoms with Crippen LogP contribution in [-0.2, 0) is 17.6 Å². The van der Waals surface area contributed by atoms with Gasteiger partial charge in [0, 0.05) is 37.2 Å². The highest BCUT2D eigenvalue weighted by molar-refractivity contribution is 5.96. The zero-order chi connectivity index (χ0) is 17.9. The fourth-order valence-electron chi connectivity index (χ4n) is 3.61. The monoisotopic (exact) mass is 353 g/mol. The van der Waals surface area contributed by atoms with Crippen LogP contribution in [0, 0.1) is 0 Å². The highest BCUT2D eigenvalue weighted by Gasteiger charge is 2.31. The molecule has 2 N–H and O–H groups in total. The smallest absolute Gasteiger partial charge is 0.229 e. The number of nitrogens with zero attached hydrogens (tertiary/aromatic N) is 3. The fraction of sp³-hybridized carbons (Fsp3) is 0.421. The first-order valence-corrected chi connectivity index (χ1v) is 8.99. The zero-order valence-corrected chi connectivity index (χ0v) is 14.9. The van der Waals surface area contributed by atoms with Crippen LogP contribution < -0.4 is 20.3 Å². The number of methoxy groups -OCH3 is 1. The molecule has 1 aromatic carbocycles. The summed E-state index contributed by atoms with van der Waals surface area (Å²) in [7, 11) is 1.64. The summed E-state index contributed by atoms with van der Waals surface area (Å²) < 4.78 is 5.19. The van der Waals surface area contributed by atoms with Gasteiger partial charge in [0.15, 0.2) is 0 Å². The predicted octanol–water partition coefficient (Wildman–Crippen LogP) is 1.39. The van der Waals surface area contributed by atoms with E-state index in [4.69, 9.17) is 4.74 Å². The van der Waals surface area contributed by atoms with Gasteiger partial charge in [0.05, 0.1) is 18.8 Å². The van der Waals surface area contributed by atoms with E-state index in [2.05, 4.69) is 20.6 Å². The molecule has 0 saturated carbocycles. The number of hydrogen-bond acceptors (Lipinski definition) is 6. The molecule has 136 valence electrons. The van der Waals surface area contributed by atoms with Crippen molar-refractivity contribution in [3.63, 3.8) is 0 Å². The van der Waals surface area contributed by atoms with Gasteiger partial charge in [0.2, 0.25) is 5.91 Å². The molecule has 7 heteroatoms. The van der Waals surface area contributed by atoms with Gasteiger partial charge < -0.3 is 20.3 Å². The van der Waals surface area contributed by atoms with Crippen molar-refractivity contribution >= 4 is 17.4 Å². The van der Waals surface area contributed by atoms with Gasteiger partial charge in [0.25, 0.3) is 0 Å². The number of anilines is 2. The van der Waals surface area contributed by atoms with E-state index in [0.29, 0.717) is 13.0 Å². The Hall–Kier alpha value is -2.67. The van der Waals surface area contributed by atoms with Crippen molar-refractivity contribution in [2.75, 3.05) is 37.0 Å². The number of benzene rings is 1. The van der Waals surface area contributed by atoms with Gasteiger partial charge in [0.1, 0.15) is 17.9 Å². The minimum absolute atomic E-state index is 0.0415. The summed E-state index contributed by atoms with van der Waals surface area (Å²) in [6.07, 6.45) is 3.89. The molecule has 1 amide bonds. The lowest BCUT2D eigenvalue weighted by Crippen LogP contribution is -2.28. The molecule has 1 fully saturated rings. The topological polar surface area (TPSA) is 79.4 Å². The van der Waals surface area contributed by atoms with Crippen LogP contribution in [0.1, 0.15) is 17.7 Å². The third-order valence-electron chi connectivity index (χ3n) is 4.97. The number of carbonyl (C=O) groups is 1. The highest BCUT2D eigenvalue weighted by atomic mass is 16.5. The minimum Gasteiger partial charge on any atom is -0.497 e. The van der Waals surface area contributed by atoms with Crippen LogP contribution in [0.15, 0.2) is 30.6 Å². The van der Waals surface area contributed by atoms with Crippen molar-refractivity contribution in [3.8, 4) is 5.75 Å². The quantitative estimate of drug-likeness (QED) is 0.865. The second-order valence-corrected chi connectivity index (χ2v) is 6.65. The summed E-state index contributed by atoms with van der Waals surface area (Å²) >= 11 is 0. The first-order valence-electron chi connectivity index (χ1n) is 8.99. The highest BCUT2D eigenvalue weighted by Crippen LogP contribution is 2.26. The van der Waals surface area contributed by atoms with E-state index in [1.165, 1.54) is 5.56 Å². The fourth-order valence-corrected chi connectivity index (χ4v) is 3.61. The second-order valence-electron chi connectivity index (χ2n) is 6.65. The lowest BCUT2D eigenvalue weighted by atomic mass is 10.1. The lowest BCUT2D eigenvalue weighted by molar-refractivity contribution is -0.117. The summed E-state index contributed by atoms with van der Waals surface area (Å²) in [5, 5.41) is 6.88. The molecule has 1 unspecified atom stereocenters. The molecule has 0 bridgehead atoms. The van der Waals surface area contributed by atoms with Crippen molar-refractivity contribution in [1.29, 1.82) is 0 Å². The lowest BCUT2D eigenvalue weighted by Gasteiger charge is -2.19. The van der Waals surface area contributed by atoms with Crippen molar-refractivity contribution in [1.82, 2.24) is 15.3 Å². The Bertz CT molecular complexity index is 793. The van der Waals surface area contributed by atoms with Crippen LogP contribution in [0.25, 0.3) is 0 Å². The van der Waals surface area contributed by atoms with Crippen LogP contribution >= 0.6 is 0 Å². The first kappa shape index (κ1) is 16.8. The number of nitrogens with one attached hydrogen (secondary N) is 2. The Morgan fingerprint density at radius 1 is 1.19 bits per heavy atom. The Balaban J connectivity index is 1.49. The Kier molecular flexibility index (Phi) is 4.71. The van der Waals surface area contributed by atoms with Crippen molar-refractivity contribution in [2.45, 2.75) is 25.3 Å². The molecule has 1 aromatic heterocycles. The predicted molar refractivity (Wildman–Crippen MR) is 99.7 cm³/mol. The maximum absolute atomic E-state index is 12.5. The van der Waals surface area contributed by atoms with Crippen molar-refractivity contribution < 1.29 is 9.53 Å². The SMILES string of the molecule is COc1ccc(N2CC(Nc3ncnc4c3CCNCC4)CC2=O)cc1. The summed E-state index contributed by atoms with van der Waals surface area (Å²) in [6.45, 7) is 2.50. The van der Waals surface area contributed by atoms with Crippen molar-refractivity contribution in [3.05, 3.63) is 41.9 Å².